The molecule has 26 heavy (non-hydrogen) atoms. The number of carboxylic acids is 1. The maximum atomic E-state index is 13.0. The first-order chi connectivity index (χ1) is 12.5. The standard InChI is InChI=1S/C22H23NO3/c24-19(21-8-10-22(13-21,11-9-21)20(25)26)23-18-12-17(18)16-7-3-5-14-4-1-2-6-15(14)16/h1-7,17-18H,8-13H2,(H,23,24)(H,25,26)/t17-,18+,21?,22?/m0/s1. The van der Waals surface area contributed by atoms with E-state index in [1.807, 2.05) is 6.07 Å². The predicted octanol–water partition coefficient (Wildman–Crippen LogP) is 3.85. The summed E-state index contributed by atoms with van der Waals surface area (Å²) in [5.74, 6) is -0.260. The van der Waals surface area contributed by atoms with E-state index in [0.717, 1.165) is 19.3 Å². The van der Waals surface area contributed by atoms with Gasteiger partial charge in [-0.15, -0.1) is 0 Å². The largest absolute Gasteiger partial charge is 0.481 e. The first-order valence-corrected chi connectivity index (χ1v) is 9.55. The van der Waals surface area contributed by atoms with Crippen molar-refractivity contribution in [1.82, 2.24) is 5.32 Å². The second-order valence-corrected chi connectivity index (χ2v) is 8.53. The van der Waals surface area contributed by atoms with Crippen molar-refractivity contribution in [2.75, 3.05) is 0 Å². The number of carbonyl (C=O) groups is 2. The maximum Gasteiger partial charge on any atom is 0.309 e. The Balaban J connectivity index is 1.32. The molecule has 0 aliphatic heterocycles. The third-order valence-corrected chi connectivity index (χ3v) is 7.11. The maximum absolute atomic E-state index is 13.0. The van der Waals surface area contributed by atoms with Gasteiger partial charge in [0.1, 0.15) is 0 Å². The van der Waals surface area contributed by atoms with Crippen molar-refractivity contribution in [3.8, 4) is 0 Å². The van der Waals surface area contributed by atoms with Gasteiger partial charge in [0, 0.05) is 12.0 Å². The summed E-state index contributed by atoms with van der Waals surface area (Å²) >= 11 is 0. The van der Waals surface area contributed by atoms with Gasteiger partial charge < -0.3 is 10.4 Å². The number of amides is 1. The molecular formula is C22H23NO3. The van der Waals surface area contributed by atoms with Gasteiger partial charge in [-0.1, -0.05) is 42.5 Å². The molecule has 1 amide bonds. The van der Waals surface area contributed by atoms with Crippen molar-refractivity contribution in [3.63, 3.8) is 0 Å². The predicted molar refractivity (Wildman–Crippen MR) is 98.8 cm³/mol. The van der Waals surface area contributed by atoms with Crippen molar-refractivity contribution in [2.24, 2.45) is 10.8 Å². The number of hydrogen-bond acceptors (Lipinski definition) is 2. The summed E-state index contributed by atoms with van der Waals surface area (Å²) in [4.78, 5) is 24.6. The fourth-order valence-electron chi connectivity index (χ4n) is 5.40. The highest BCUT2D eigenvalue weighted by atomic mass is 16.4. The van der Waals surface area contributed by atoms with E-state index in [0.29, 0.717) is 25.2 Å². The Morgan fingerprint density at radius 2 is 1.65 bits per heavy atom. The highest BCUT2D eigenvalue weighted by Crippen LogP contribution is 2.62. The first kappa shape index (κ1) is 15.9. The van der Waals surface area contributed by atoms with E-state index in [9.17, 15) is 14.7 Å². The zero-order valence-corrected chi connectivity index (χ0v) is 14.7. The van der Waals surface area contributed by atoms with Crippen LogP contribution in [-0.4, -0.2) is 23.0 Å². The van der Waals surface area contributed by atoms with E-state index in [-0.39, 0.29) is 11.9 Å². The highest BCUT2D eigenvalue weighted by Gasteiger charge is 2.62. The normalized spacial score (nSPS) is 34.8. The Morgan fingerprint density at radius 1 is 0.962 bits per heavy atom. The molecule has 0 saturated heterocycles. The molecule has 4 heteroatoms. The minimum atomic E-state index is -0.718. The van der Waals surface area contributed by atoms with E-state index < -0.39 is 16.8 Å². The van der Waals surface area contributed by atoms with Crippen LogP contribution in [0.25, 0.3) is 10.8 Å². The number of hydrogen-bond donors (Lipinski definition) is 2. The average molecular weight is 349 g/mol. The van der Waals surface area contributed by atoms with Gasteiger partial charge in [-0.25, -0.2) is 0 Å². The number of carbonyl (C=O) groups excluding carboxylic acids is 1. The summed E-state index contributed by atoms with van der Waals surface area (Å²) in [5, 5.41) is 15.3. The Kier molecular flexibility index (Phi) is 3.25. The van der Waals surface area contributed by atoms with Gasteiger partial charge in [0.05, 0.1) is 10.8 Å². The van der Waals surface area contributed by atoms with Gasteiger partial charge in [0.2, 0.25) is 5.91 Å². The van der Waals surface area contributed by atoms with Crippen LogP contribution < -0.4 is 5.32 Å². The second kappa shape index (κ2) is 5.32. The van der Waals surface area contributed by atoms with Crippen LogP contribution in [0.4, 0.5) is 0 Å². The molecule has 4 nitrogen and oxygen atoms in total. The lowest BCUT2D eigenvalue weighted by atomic mass is 9.81. The molecular weight excluding hydrogens is 326 g/mol. The molecule has 3 saturated carbocycles. The summed E-state index contributed by atoms with van der Waals surface area (Å²) < 4.78 is 0. The molecule has 0 spiro atoms. The Morgan fingerprint density at radius 3 is 2.38 bits per heavy atom. The van der Waals surface area contributed by atoms with E-state index in [2.05, 4.69) is 41.7 Å². The van der Waals surface area contributed by atoms with Gasteiger partial charge in [-0.05, 0) is 54.9 Å². The molecule has 2 aromatic rings. The Labute approximate surface area is 152 Å². The SMILES string of the molecule is O=C(O)C12CCC(C(=O)N[C@@H]3C[C@H]3c3cccc4ccccc34)(CC1)C2. The third-order valence-electron chi connectivity index (χ3n) is 7.11. The van der Waals surface area contributed by atoms with E-state index in [1.165, 1.54) is 16.3 Å². The summed E-state index contributed by atoms with van der Waals surface area (Å²) in [7, 11) is 0. The summed E-state index contributed by atoms with van der Waals surface area (Å²) in [5.41, 5.74) is 0.226. The van der Waals surface area contributed by atoms with Crippen molar-refractivity contribution in [2.45, 2.75) is 50.5 Å². The fraction of sp³-hybridized carbons (Fsp3) is 0.455. The Hall–Kier alpha value is -2.36. The lowest BCUT2D eigenvalue weighted by molar-refractivity contribution is -0.148. The van der Waals surface area contributed by atoms with Crippen LogP contribution in [0.5, 0.6) is 0 Å². The van der Waals surface area contributed by atoms with Crippen LogP contribution in [0.2, 0.25) is 0 Å². The molecule has 3 fully saturated rings. The lowest BCUT2D eigenvalue weighted by Gasteiger charge is -2.25. The molecule has 2 atom stereocenters. The van der Waals surface area contributed by atoms with Crippen molar-refractivity contribution < 1.29 is 14.7 Å². The molecule has 0 aromatic heterocycles. The smallest absolute Gasteiger partial charge is 0.309 e. The van der Waals surface area contributed by atoms with Crippen LogP contribution >= 0.6 is 0 Å². The molecule has 5 rings (SSSR count). The topological polar surface area (TPSA) is 66.4 Å². The molecule has 2 aromatic carbocycles. The molecule has 0 heterocycles. The van der Waals surface area contributed by atoms with Gasteiger partial charge in [0.15, 0.2) is 0 Å². The van der Waals surface area contributed by atoms with Crippen molar-refractivity contribution in [3.05, 3.63) is 48.0 Å². The number of aliphatic carboxylic acids is 1. The molecule has 2 bridgehead atoms. The van der Waals surface area contributed by atoms with Crippen LogP contribution in [0.3, 0.4) is 0 Å². The highest BCUT2D eigenvalue weighted by molar-refractivity contribution is 5.89. The summed E-state index contributed by atoms with van der Waals surface area (Å²) in [6.07, 6.45) is 4.22. The summed E-state index contributed by atoms with van der Waals surface area (Å²) in [6.45, 7) is 0. The lowest BCUT2D eigenvalue weighted by Crippen LogP contribution is -2.39. The van der Waals surface area contributed by atoms with Gasteiger partial charge >= 0.3 is 5.97 Å². The number of nitrogens with one attached hydrogen (secondary N) is 1. The van der Waals surface area contributed by atoms with E-state index >= 15 is 0 Å². The molecule has 2 N–H and O–H groups in total. The monoisotopic (exact) mass is 349 g/mol. The number of rotatable bonds is 4. The molecule has 0 radical (unpaired) electrons. The van der Waals surface area contributed by atoms with Gasteiger partial charge in [-0.3, -0.25) is 9.59 Å². The average Bonchev–Trinajstić information content (AvgIpc) is 3.14. The number of benzene rings is 2. The minimum Gasteiger partial charge on any atom is -0.481 e. The van der Waals surface area contributed by atoms with Gasteiger partial charge in [0.25, 0.3) is 0 Å². The molecule has 3 aliphatic carbocycles. The van der Waals surface area contributed by atoms with Crippen molar-refractivity contribution >= 4 is 22.6 Å². The number of fused-ring (bicyclic) bond motifs is 3. The second-order valence-electron chi connectivity index (χ2n) is 8.53. The van der Waals surface area contributed by atoms with Crippen LogP contribution in [-0.2, 0) is 9.59 Å². The Bertz CT molecular complexity index is 905. The fourth-order valence-corrected chi connectivity index (χ4v) is 5.40. The van der Waals surface area contributed by atoms with E-state index in [4.69, 9.17) is 0 Å². The van der Waals surface area contributed by atoms with Crippen LogP contribution in [0.15, 0.2) is 42.5 Å². The van der Waals surface area contributed by atoms with E-state index in [1.54, 1.807) is 0 Å². The summed E-state index contributed by atoms with van der Waals surface area (Å²) in [6, 6.07) is 14.9. The molecule has 3 aliphatic rings. The third kappa shape index (κ3) is 2.21. The zero-order valence-electron chi connectivity index (χ0n) is 14.7. The van der Waals surface area contributed by atoms with Crippen molar-refractivity contribution in [1.29, 1.82) is 0 Å². The quantitative estimate of drug-likeness (QED) is 0.881. The minimum absolute atomic E-state index is 0.0888. The zero-order chi connectivity index (χ0) is 17.9. The molecule has 134 valence electrons. The van der Waals surface area contributed by atoms with Crippen LogP contribution in [0.1, 0.15) is 50.0 Å². The first-order valence-electron chi connectivity index (χ1n) is 9.55. The van der Waals surface area contributed by atoms with Crippen LogP contribution in [0, 0.1) is 10.8 Å². The number of carboxylic acid groups (broad SMARTS) is 1. The van der Waals surface area contributed by atoms with Gasteiger partial charge in [-0.2, -0.15) is 0 Å². The molecule has 0 unspecified atom stereocenters.